The van der Waals surface area contributed by atoms with Crippen LogP contribution in [0.5, 0.6) is 0 Å². The van der Waals surface area contributed by atoms with Gasteiger partial charge in [0.15, 0.2) is 0 Å². The highest BCUT2D eigenvalue weighted by molar-refractivity contribution is 4.85. The van der Waals surface area contributed by atoms with E-state index >= 15 is 0 Å². The molecule has 90 valence electrons. The number of nitrogens with two attached hydrogens (primary N) is 1. The number of hydrogen-bond acceptors (Lipinski definition) is 3. The first-order valence-corrected chi connectivity index (χ1v) is 6.11. The number of hydrogen-bond donors (Lipinski definition) is 1. The van der Waals surface area contributed by atoms with Crippen molar-refractivity contribution in [1.82, 2.24) is 4.90 Å². The minimum Gasteiger partial charge on any atom is -0.381 e. The molecule has 1 rings (SSSR count). The van der Waals surface area contributed by atoms with Crippen LogP contribution in [0.15, 0.2) is 0 Å². The van der Waals surface area contributed by atoms with Gasteiger partial charge in [-0.2, -0.15) is 0 Å². The van der Waals surface area contributed by atoms with Gasteiger partial charge in [0.05, 0.1) is 0 Å². The van der Waals surface area contributed by atoms with E-state index in [1.54, 1.807) is 0 Å². The molecular formula is C12H26N2O. The van der Waals surface area contributed by atoms with Crippen molar-refractivity contribution in [3.8, 4) is 0 Å². The van der Waals surface area contributed by atoms with Crippen LogP contribution in [0.2, 0.25) is 0 Å². The van der Waals surface area contributed by atoms with Crippen LogP contribution in [-0.4, -0.2) is 43.8 Å². The summed E-state index contributed by atoms with van der Waals surface area (Å²) in [5.41, 5.74) is 6.02. The molecule has 0 aromatic carbocycles. The molecule has 0 spiro atoms. The van der Waals surface area contributed by atoms with Gasteiger partial charge in [0.2, 0.25) is 0 Å². The van der Waals surface area contributed by atoms with E-state index in [1.807, 2.05) is 0 Å². The van der Waals surface area contributed by atoms with E-state index in [1.165, 1.54) is 12.8 Å². The Bertz CT molecular complexity index is 174. The summed E-state index contributed by atoms with van der Waals surface area (Å²) in [5, 5.41) is 0. The molecule has 3 heteroatoms. The van der Waals surface area contributed by atoms with Gasteiger partial charge in [0.1, 0.15) is 0 Å². The van der Waals surface area contributed by atoms with Gasteiger partial charge in [-0.3, -0.25) is 4.90 Å². The molecule has 2 N–H and O–H groups in total. The molecule has 1 aliphatic heterocycles. The van der Waals surface area contributed by atoms with Gasteiger partial charge in [0, 0.05) is 31.8 Å². The molecule has 0 radical (unpaired) electrons. The molecule has 1 unspecified atom stereocenters. The minimum atomic E-state index is 0.165. The number of ether oxygens (including phenoxy) is 1. The standard InChI is InChI=1S/C12H26N2O/c1-4-12(2,10-13)14(3)9-11-5-7-15-8-6-11/h11H,4-10,13H2,1-3H3. The molecule has 1 fully saturated rings. The van der Waals surface area contributed by atoms with Crippen LogP contribution in [0, 0.1) is 5.92 Å². The highest BCUT2D eigenvalue weighted by Crippen LogP contribution is 2.22. The summed E-state index contributed by atoms with van der Waals surface area (Å²) in [4.78, 5) is 2.43. The van der Waals surface area contributed by atoms with Crippen LogP contribution >= 0.6 is 0 Å². The van der Waals surface area contributed by atoms with Crippen molar-refractivity contribution in [2.45, 2.75) is 38.6 Å². The fourth-order valence-corrected chi connectivity index (χ4v) is 2.11. The zero-order chi connectivity index (χ0) is 11.3. The van der Waals surface area contributed by atoms with E-state index in [0.29, 0.717) is 0 Å². The summed E-state index contributed by atoms with van der Waals surface area (Å²) in [6.07, 6.45) is 3.52. The SMILES string of the molecule is CCC(C)(CN)N(C)CC1CCOCC1. The zero-order valence-electron chi connectivity index (χ0n) is 10.5. The Morgan fingerprint density at radius 1 is 1.40 bits per heavy atom. The Morgan fingerprint density at radius 3 is 2.47 bits per heavy atom. The van der Waals surface area contributed by atoms with Gasteiger partial charge >= 0.3 is 0 Å². The van der Waals surface area contributed by atoms with Crippen molar-refractivity contribution in [1.29, 1.82) is 0 Å². The lowest BCUT2D eigenvalue weighted by atomic mass is 9.93. The lowest BCUT2D eigenvalue weighted by Crippen LogP contribution is -2.51. The van der Waals surface area contributed by atoms with Crippen LogP contribution in [0.3, 0.4) is 0 Å². The summed E-state index contributed by atoms with van der Waals surface area (Å²) < 4.78 is 5.38. The summed E-state index contributed by atoms with van der Waals surface area (Å²) in [5.74, 6) is 0.793. The molecule has 3 nitrogen and oxygen atoms in total. The first-order chi connectivity index (χ1) is 7.12. The predicted molar refractivity (Wildman–Crippen MR) is 63.9 cm³/mol. The Balaban J connectivity index is 2.41. The number of likely N-dealkylation sites (N-methyl/N-ethyl adjacent to an activating group) is 1. The molecule has 0 aliphatic carbocycles. The number of rotatable bonds is 5. The van der Waals surface area contributed by atoms with E-state index in [0.717, 1.165) is 38.6 Å². The maximum atomic E-state index is 5.86. The molecule has 0 amide bonds. The van der Waals surface area contributed by atoms with Crippen LogP contribution in [0.1, 0.15) is 33.1 Å². The summed E-state index contributed by atoms with van der Waals surface area (Å²) in [7, 11) is 2.20. The molecular weight excluding hydrogens is 188 g/mol. The largest absolute Gasteiger partial charge is 0.381 e. The van der Waals surface area contributed by atoms with Crippen molar-refractivity contribution in [2.24, 2.45) is 11.7 Å². The van der Waals surface area contributed by atoms with Gasteiger partial charge < -0.3 is 10.5 Å². The van der Waals surface area contributed by atoms with Gasteiger partial charge in [-0.15, -0.1) is 0 Å². The predicted octanol–water partition coefficient (Wildman–Crippen LogP) is 1.47. The maximum absolute atomic E-state index is 5.86. The topological polar surface area (TPSA) is 38.5 Å². The van der Waals surface area contributed by atoms with Crippen molar-refractivity contribution in [2.75, 3.05) is 33.4 Å². The second kappa shape index (κ2) is 5.83. The summed E-state index contributed by atoms with van der Waals surface area (Å²) in [6.45, 7) is 8.24. The van der Waals surface area contributed by atoms with Crippen LogP contribution in [-0.2, 0) is 4.74 Å². The first kappa shape index (κ1) is 12.9. The molecule has 0 saturated carbocycles. The van der Waals surface area contributed by atoms with E-state index in [2.05, 4.69) is 25.8 Å². The van der Waals surface area contributed by atoms with E-state index in [9.17, 15) is 0 Å². The molecule has 15 heavy (non-hydrogen) atoms. The number of nitrogens with zero attached hydrogens (tertiary/aromatic N) is 1. The fraction of sp³-hybridized carbons (Fsp3) is 1.00. The zero-order valence-corrected chi connectivity index (χ0v) is 10.5. The maximum Gasteiger partial charge on any atom is 0.0469 e. The van der Waals surface area contributed by atoms with Crippen LogP contribution < -0.4 is 5.73 Å². The Kier molecular flexibility index (Phi) is 5.03. The van der Waals surface area contributed by atoms with Gasteiger partial charge in [-0.25, -0.2) is 0 Å². The van der Waals surface area contributed by atoms with Crippen molar-refractivity contribution >= 4 is 0 Å². The molecule has 1 saturated heterocycles. The monoisotopic (exact) mass is 214 g/mol. The summed E-state index contributed by atoms with van der Waals surface area (Å²) >= 11 is 0. The van der Waals surface area contributed by atoms with E-state index in [-0.39, 0.29) is 5.54 Å². The van der Waals surface area contributed by atoms with Crippen LogP contribution in [0.4, 0.5) is 0 Å². The van der Waals surface area contributed by atoms with Gasteiger partial charge in [-0.05, 0) is 39.2 Å². The lowest BCUT2D eigenvalue weighted by molar-refractivity contribution is 0.0371. The highest BCUT2D eigenvalue weighted by Gasteiger charge is 2.27. The third-order valence-electron chi connectivity index (χ3n) is 4.00. The molecule has 0 aromatic heterocycles. The molecule has 0 bridgehead atoms. The Morgan fingerprint density at radius 2 is 2.00 bits per heavy atom. The minimum absolute atomic E-state index is 0.165. The van der Waals surface area contributed by atoms with Gasteiger partial charge in [-0.1, -0.05) is 6.92 Å². The average molecular weight is 214 g/mol. The van der Waals surface area contributed by atoms with Crippen molar-refractivity contribution < 1.29 is 4.74 Å². The van der Waals surface area contributed by atoms with Crippen molar-refractivity contribution in [3.63, 3.8) is 0 Å². The van der Waals surface area contributed by atoms with E-state index in [4.69, 9.17) is 10.5 Å². The Hall–Kier alpha value is -0.120. The highest BCUT2D eigenvalue weighted by atomic mass is 16.5. The molecule has 1 heterocycles. The third-order valence-corrected chi connectivity index (χ3v) is 4.00. The smallest absolute Gasteiger partial charge is 0.0469 e. The quantitative estimate of drug-likeness (QED) is 0.753. The second-order valence-electron chi connectivity index (χ2n) is 4.99. The third kappa shape index (κ3) is 3.44. The first-order valence-electron chi connectivity index (χ1n) is 6.11. The lowest BCUT2D eigenvalue weighted by Gasteiger charge is -2.40. The molecule has 0 aromatic rings. The van der Waals surface area contributed by atoms with Gasteiger partial charge in [0.25, 0.3) is 0 Å². The van der Waals surface area contributed by atoms with Crippen LogP contribution in [0.25, 0.3) is 0 Å². The fourth-order valence-electron chi connectivity index (χ4n) is 2.11. The van der Waals surface area contributed by atoms with E-state index < -0.39 is 0 Å². The average Bonchev–Trinajstić information content (AvgIpc) is 2.29. The summed E-state index contributed by atoms with van der Waals surface area (Å²) in [6, 6.07) is 0. The van der Waals surface area contributed by atoms with Crippen molar-refractivity contribution in [3.05, 3.63) is 0 Å². The molecule has 1 atom stereocenters. The normalized spacial score (nSPS) is 23.0. The second-order valence-corrected chi connectivity index (χ2v) is 4.99. The molecule has 1 aliphatic rings. The Labute approximate surface area is 94.0 Å².